The number of allylic oxidation sites excluding steroid dienone is 1. The lowest BCUT2D eigenvalue weighted by molar-refractivity contribution is 0.0827. The molecule has 0 aliphatic heterocycles. The first-order chi connectivity index (χ1) is 15.2. The van der Waals surface area contributed by atoms with Gasteiger partial charge in [0.1, 0.15) is 5.82 Å². The molecule has 1 aromatic heterocycles. The molecule has 0 aliphatic rings. The Kier molecular flexibility index (Phi) is 10.6. The second-order valence-electron chi connectivity index (χ2n) is 7.08. The number of aromatic nitrogens is 2. The van der Waals surface area contributed by atoms with Crippen molar-refractivity contribution in [3.05, 3.63) is 52.7 Å². The molecule has 0 atom stereocenters. The number of carbonyl (C=O) groups is 1. The molecule has 32 heavy (non-hydrogen) atoms. The molecule has 2 rings (SSSR count). The van der Waals surface area contributed by atoms with Crippen molar-refractivity contribution in [1.82, 2.24) is 20.3 Å². The Morgan fingerprint density at radius 3 is 2.44 bits per heavy atom. The number of hydrazine groups is 1. The van der Waals surface area contributed by atoms with Crippen LogP contribution in [-0.2, 0) is 0 Å². The molecule has 2 aromatic rings. The summed E-state index contributed by atoms with van der Waals surface area (Å²) < 4.78 is 0. The highest BCUT2D eigenvalue weighted by atomic mass is 16.3. The van der Waals surface area contributed by atoms with E-state index in [2.05, 4.69) is 25.8 Å². The van der Waals surface area contributed by atoms with Gasteiger partial charge in [-0.15, -0.1) is 0 Å². The first-order valence-electron chi connectivity index (χ1n) is 9.87. The topological polar surface area (TPSA) is 181 Å². The molecule has 0 fully saturated rings. The molecule has 0 saturated carbocycles. The van der Waals surface area contributed by atoms with E-state index in [1.54, 1.807) is 26.2 Å². The fraction of sp³-hybridized carbons (Fsp3) is 0.333. The van der Waals surface area contributed by atoms with Crippen LogP contribution in [0.3, 0.4) is 0 Å². The number of benzene rings is 1. The van der Waals surface area contributed by atoms with Crippen LogP contribution in [0.2, 0.25) is 0 Å². The van der Waals surface area contributed by atoms with Crippen LogP contribution in [0.1, 0.15) is 41.8 Å². The summed E-state index contributed by atoms with van der Waals surface area (Å²) in [5.74, 6) is 11.1. The number of nitrogens with one attached hydrogen (secondary N) is 2. The van der Waals surface area contributed by atoms with E-state index in [0.717, 1.165) is 17.7 Å². The standard InChI is InChI=1S/C15H21N9O.C6H12O/c1-8-6-9(4-5-10(8)14(25)24(2)3)20-15-19-7-11(12(16)21-15)13(22-17)23-18;1-3-6(2)4-5-7/h4-7H,17-18H2,1-3H3,(H,22,23)(H3,16,19,20,21);3,7H,4-5H2,1-2H3/b;6-3+. The van der Waals surface area contributed by atoms with Gasteiger partial charge in [-0.05, 0) is 51.0 Å². The minimum atomic E-state index is -0.0585. The lowest BCUT2D eigenvalue weighted by Gasteiger charge is -2.14. The second kappa shape index (κ2) is 12.9. The third-order valence-electron chi connectivity index (χ3n) is 4.46. The van der Waals surface area contributed by atoms with Gasteiger partial charge in [-0.2, -0.15) is 10.1 Å². The number of aryl methyl sites for hydroxylation is 1. The summed E-state index contributed by atoms with van der Waals surface area (Å²) >= 11 is 0. The van der Waals surface area contributed by atoms with Gasteiger partial charge in [0.15, 0.2) is 5.84 Å². The summed E-state index contributed by atoms with van der Waals surface area (Å²) in [6.45, 7) is 6.12. The van der Waals surface area contributed by atoms with Crippen molar-refractivity contribution in [1.29, 1.82) is 0 Å². The van der Waals surface area contributed by atoms with Crippen LogP contribution in [0.4, 0.5) is 17.5 Å². The van der Waals surface area contributed by atoms with Gasteiger partial charge in [-0.1, -0.05) is 11.6 Å². The number of hydrazone groups is 1. The van der Waals surface area contributed by atoms with Gasteiger partial charge in [0.25, 0.3) is 5.91 Å². The zero-order chi connectivity index (χ0) is 24.3. The average Bonchev–Trinajstić information content (AvgIpc) is 2.76. The van der Waals surface area contributed by atoms with Gasteiger partial charge in [-0.3, -0.25) is 4.79 Å². The van der Waals surface area contributed by atoms with Gasteiger partial charge in [0, 0.05) is 38.1 Å². The molecule has 11 heteroatoms. The zero-order valence-corrected chi connectivity index (χ0v) is 19.2. The quantitative estimate of drug-likeness (QED) is 0.126. The maximum absolute atomic E-state index is 12.1. The molecule has 1 heterocycles. The molecule has 0 spiro atoms. The lowest BCUT2D eigenvalue weighted by atomic mass is 10.1. The summed E-state index contributed by atoms with van der Waals surface area (Å²) in [7, 11) is 3.42. The molecule has 0 aliphatic carbocycles. The Hall–Kier alpha value is -3.70. The van der Waals surface area contributed by atoms with Crippen LogP contribution in [0.15, 0.2) is 41.1 Å². The van der Waals surface area contributed by atoms with Crippen molar-refractivity contribution in [2.24, 2.45) is 16.8 Å². The lowest BCUT2D eigenvalue weighted by Crippen LogP contribution is -2.33. The van der Waals surface area contributed by atoms with E-state index < -0.39 is 0 Å². The van der Waals surface area contributed by atoms with Crippen molar-refractivity contribution in [2.45, 2.75) is 27.2 Å². The van der Waals surface area contributed by atoms with Crippen molar-refractivity contribution in [2.75, 3.05) is 31.8 Å². The van der Waals surface area contributed by atoms with Crippen LogP contribution >= 0.6 is 0 Å². The number of aliphatic hydroxyl groups excluding tert-OH is 1. The normalized spacial score (nSPS) is 11.3. The van der Waals surface area contributed by atoms with Crippen LogP contribution in [0, 0.1) is 6.92 Å². The molecule has 0 radical (unpaired) electrons. The maximum atomic E-state index is 12.1. The molecular weight excluding hydrogens is 410 g/mol. The van der Waals surface area contributed by atoms with Gasteiger partial charge in [-0.25, -0.2) is 10.8 Å². The fourth-order valence-electron chi connectivity index (χ4n) is 2.49. The van der Waals surface area contributed by atoms with Crippen molar-refractivity contribution in [3.63, 3.8) is 0 Å². The second-order valence-corrected chi connectivity index (χ2v) is 7.08. The molecule has 0 unspecified atom stereocenters. The van der Waals surface area contributed by atoms with Crippen molar-refractivity contribution >= 4 is 29.2 Å². The zero-order valence-electron chi connectivity index (χ0n) is 19.2. The van der Waals surface area contributed by atoms with Gasteiger partial charge >= 0.3 is 0 Å². The number of aliphatic hydroxyl groups is 1. The number of hydrogen-bond acceptors (Lipinski definition) is 9. The number of amides is 1. The SMILES string of the molecule is C/C=C(\C)CCO.Cc1cc(Nc2ncc(/C(=N/N)NN)c(N)n2)ccc1C(=O)N(C)C. The largest absolute Gasteiger partial charge is 0.396 e. The summed E-state index contributed by atoms with van der Waals surface area (Å²) in [6.07, 6.45) is 4.28. The Balaban J connectivity index is 0.000000633. The summed E-state index contributed by atoms with van der Waals surface area (Å²) in [6, 6.07) is 5.35. The number of hydrogen-bond donors (Lipinski definition) is 6. The van der Waals surface area contributed by atoms with E-state index in [0.29, 0.717) is 17.1 Å². The molecule has 9 N–H and O–H groups in total. The minimum Gasteiger partial charge on any atom is -0.396 e. The first kappa shape index (κ1) is 26.3. The number of anilines is 3. The Labute approximate surface area is 188 Å². The van der Waals surface area contributed by atoms with E-state index in [-0.39, 0.29) is 24.2 Å². The first-order valence-corrected chi connectivity index (χ1v) is 9.87. The Bertz CT molecular complexity index is 972. The summed E-state index contributed by atoms with van der Waals surface area (Å²) in [4.78, 5) is 21.9. The average molecular weight is 444 g/mol. The number of nitrogen functional groups attached to an aromatic ring is 1. The summed E-state index contributed by atoms with van der Waals surface area (Å²) in [5.41, 5.74) is 12.0. The van der Waals surface area contributed by atoms with Gasteiger partial charge in [0.2, 0.25) is 5.95 Å². The van der Waals surface area contributed by atoms with E-state index in [4.69, 9.17) is 22.5 Å². The van der Waals surface area contributed by atoms with Crippen LogP contribution < -0.4 is 28.2 Å². The molecule has 174 valence electrons. The van der Waals surface area contributed by atoms with E-state index in [9.17, 15) is 4.79 Å². The van der Waals surface area contributed by atoms with E-state index in [1.807, 2.05) is 32.9 Å². The van der Waals surface area contributed by atoms with Crippen LogP contribution in [0.5, 0.6) is 0 Å². The van der Waals surface area contributed by atoms with E-state index in [1.165, 1.54) is 16.7 Å². The minimum absolute atomic E-state index is 0.0585. The van der Waals surface area contributed by atoms with Crippen LogP contribution in [-0.4, -0.2) is 52.4 Å². The van der Waals surface area contributed by atoms with Crippen molar-refractivity contribution < 1.29 is 9.90 Å². The smallest absolute Gasteiger partial charge is 0.253 e. The number of carbonyl (C=O) groups excluding carboxylic acids is 1. The predicted molar refractivity (Wildman–Crippen MR) is 128 cm³/mol. The highest BCUT2D eigenvalue weighted by Gasteiger charge is 2.13. The van der Waals surface area contributed by atoms with Crippen molar-refractivity contribution in [3.8, 4) is 0 Å². The number of rotatable bonds is 6. The summed E-state index contributed by atoms with van der Waals surface area (Å²) in [5, 5.41) is 14.8. The molecular formula is C21H33N9O2. The highest BCUT2D eigenvalue weighted by molar-refractivity contribution is 6.01. The predicted octanol–water partition coefficient (Wildman–Crippen LogP) is 1.23. The molecule has 0 saturated heterocycles. The highest BCUT2D eigenvalue weighted by Crippen LogP contribution is 2.20. The van der Waals surface area contributed by atoms with Gasteiger partial charge in [0.05, 0.1) is 5.56 Å². The van der Waals surface area contributed by atoms with Crippen LogP contribution in [0.25, 0.3) is 0 Å². The molecule has 0 bridgehead atoms. The number of amidine groups is 1. The van der Waals surface area contributed by atoms with Gasteiger partial charge < -0.3 is 32.3 Å². The fourth-order valence-corrected chi connectivity index (χ4v) is 2.49. The third-order valence-corrected chi connectivity index (χ3v) is 4.46. The Morgan fingerprint density at radius 2 is 2.00 bits per heavy atom. The maximum Gasteiger partial charge on any atom is 0.253 e. The number of nitrogens with two attached hydrogens (primary N) is 3. The number of nitrogens with zero attached hydrogens (tertiary/aromatic N) is 4. The molecule has 1 aromatic carbocycles. The molecule has 1 amide bonds. The Morgan fingerprint density at radius 1 is 1.31 bits per heavy atom. The monoisotopic (exact) mass is 443 g/mol. The third kappa shape index (κ3) is 7.52. The van der Waals surface area contributed by atoms with E-state index >= 15 is 0 Å². The molecule has 11 nitrogen and oxygen atoms in total.